The quantitative estimate of drug-likeness (QED) is 0.805. The van der Waals surface area contributed by atoms with Gasteiger partial charge < -0.3 is 10.4 Å². The van der Waals surface area contributed by atoms with E-state index < -0.39 is 0 Å². The molecular formula is C14H14ClNO2. The fourth-order valence-corrected chi connectivity index (χ4v) is 1.95. The standard InChI is InChI=1S/C14H14ClNO2/c1-9-7-12(9)14(18)16-13-5-4-11(15)8-10(13)3-2-6-17/h4-5,8-9,12,17H,6-7H2,1H3,(H,16,18). The molecule has 2 N–H and O–H groups in total. The molecule has 18 heavy (non-hydrogen) atoms. The maximum Gasteiger partial charge on any atom is 0.227 e. The van der Waals surface area contributed by atoms with Crippen molar-refractivity contribution in [3.8, 4) is 11.8 Å². The van der Waals surface area contributed by atoms with Gasteiger partial charge in [0.2, 0.25) is 5.91 Å². The van der Waals surface area contributed by atoms with Crippen molar-refractivity contribution in [1.82, 2.24) is 0 Å². The molecule has 1 fully saturated rings. The molecule has 0 bridgehead atoms. The van der Waals surface area contributed by atoms with Gasteiger partial charge in [-0.2, -0.15) is 0 Å². The molecule has 4 heteroatoms. The van der Waals surface area contributed by atoms with Crippen molar-refractivity contribution in [2.45, 2.75) is 13.3 Å². The number of hydrogen-bond acceptors (Lipinski definition) is 2. The summed E-state index contributed by atoms with van der Waals surface area (Å²) in [6.45, 7) is 1.83. The van der Waals surface area contributed by atoms with Gasteiger partial charge in [0.05, 0.1) is 5.69 Å². The van der Waals surface area contributed by atoms with Crippen molar-refractivity contribution in [3.05, 3.63) is 28.8 Å². The van der Waals surface area contributed by atoms with Crippen molar-refractivity contribution in [1.29, 1.82) is 0 Å². The average molecular weight is 264 g/mol. The van der Waals surface area contributed by atoms with Gasteiger partial charge in [-0.25, -0.2) is 0 Å². The van der Waals surface area contributed by atoms with Gasteiger partial charge in [0.25, 0.3) is 0 Å². The molecule has 2 atom stereocenters. The molecule has 1 amide bonds. The Hall–Kier alpha value is -1.50. The van der Waals surface area contributed by atoms with E-state index >= 15 is 0 Å². The Bertz CT molecular complexity index is 530. The lowest BCUT2D eigenvalue weighted by Crippen LogP contribution is -2.15. The monoisotopic (exact) mass is 263 g/mol. The molecule has 94 valence electrons. The van der Waals surface area contributed by atoms with Crippen LogP contribution in [-0.2, 0) is 4.79 Å². The highest BCUT2D eigenvalue weighted by molar-refractivity contribution is 6.30. The van der Waals surface area contributed by atoms with Gasteiger partial charge in [-0.15, -0.1) is 0 Å². The third-order valence-corrected chi connectivity index (χ3v) is 3.22. The van der Waals surface area contributed by atoms with Crippen molar-refractivity contribution in [2.75, 3.05) is 11.9 Å². The van der Waals surface area contributed by atoms with Crippen LogP contribution >= 0.6 is 11.6 Å². The summed E-state index contributed by atoms with van der Waals surface area (Å²) >= 11 is 5.89. The SMILES string of the molecule is CC1CC1C(=O)Nc1ccc(Cl)cc1C#CCO. The van der Waals surface area contributed by atoms with Crippen molar-refractivity contribution >= 4 is 23.2 Å². The minimum Gasteiger partial charge on any atom is -0.384 e. The zero-order valence-corrected chi connectivity index (χ0v) is 10.8. The van der Waals surface area contributed by atoms with Crippen LogP contribution in [0.1, 0.15) is 18.9 Å². The molecule has 0 radical (unpaired) electrons. The Kier molecular flexibility index (Phi) is 3.90. The Morgan fingerprint density at radius 2 is 2.33 bits per heavy atom. The number of hydrogen-bond donors (Lipinski definition) is 2. The van der Waals surface area contributed by atoms with Crippen LogP contribution in [0, 0.1) is 23.7 Å². The molecule has 0 aromatic heterocycles. The summed E-state index contributed by atoms with van der Waals surface area (Å²) in [6.07, 6.45) is 0.942. The normalized spacial score (nSPS) is 20.8. The summed E-state index contributed by atoms with van der Waals surface area (Å²) in [5.74, 6) is 5.93. The van der Waals surface area contributed by atoms with E-state index in [2.05, 4.69) is 24.1 Å². The van der Waals surface area contributed by atoms with Gasteiger partial charge in [-0.1, -0.05) is 30.4 Å². The highest BCUT2D eigenvalue weighted by Gasteiger charge is 2.39. The second kappa shape index (κ2) is 5.43. The predicted octanol–water partition coefficient (Wildman–Crippen LogP) is 2.28. The number of halogens is 1. The third-order valence-electron chi connectivity index (χ3n) is 2.99. The number of anilines is 1. The third kappa shape index (κ3) is 3.04. The summed E-state index contributed by atoms with van der Waals surface area (Å²) in [7, 11) is 0. The summed E-state index contributed by atoms with van der Waals surface area (Å²) < 4.78 is 0. The minimum atomic E-state index is -0.223. The number of carbonyl (C=O) groups excluding carboxylic acids is 1. The van der Waals surface area contributed by atoms with Crippen molar-refractivity contribution in [2.24, 2.45) is 11.8 Å². The Labute approximate surface area is 111 Å². The number of aliphatic hydroxyl groups excluding tert-OH is 1. The van der Waals surface area contributed by atoms with Gasteiger partial charge in [0.1, 0.15) is 6.61 Å². The molecule has 1 saturated carbocycles. The molecule has 0 saturated heterocycles. The Balaban J connectivity index is 2.18. The molecule has 2 unspecified atom stereocenters. The first kappa shape index (κ1) is 12.9. The first-order valence-electron chi connectivity index (χ1n) is 5.82. The van der Waals surface area contributed by atoms with Crippen LogP contribution in [0.4, 0.5) is 5.69 Å². The summed E-state index contributed by atoms with van der Waals surface area (Å²) in [4.78, 5) is 11.9. The lowest BCUT2D eigenvalue weighted by atomic mass is 10.1. The lowest BCUT2D eigenvalue weighted by Gasteiger charge is -2.07. The first-order valence-corrected chi connectivity index (χ1v) is 6.19. The molecule has 3 nitrogen and oxygen atoms in total. The molecule has 1 aliphatic carbocycles. The van der Waals surface area contributed by atoms with Crippen LogP contribution in [0.2, 0.25) is 5.02 Å². The molecular weight excluding hydrogens is 250 g/mol. The summed E-state index contributed by atoms with van der Waals surface area (Å²) in [5.41, 5.74) is 1.27. The maximum absolute atomic E-state index is 11.9. The van der Waals surface area contributed by atoms with E-state index in [9.17, 15) is 4.79 Å². The zero-order chi connectivity index (χ0) is 13.1. The van der Waals surface area contributed by atoms with Crippen LogP contribution < -0.4 is 5.32 Å². The van der Waals surface area contributed by atoms with Gasteiger partial charge >= 0.3 is 0 Å². The lowest BCUT2D eigenvalue weighted by molar-refractivity contribution is -0.117. The molecule has 0 spiro atoms. The number of nitrogens with one attached hydrogen (secondary N) is 1. The molecule has 0 aliphatic heterocycles. The number of amides is 1. The zero-order valence-electron chi connectivity index (χ0n) is 10.0. The van der Waals surface area contributed by atoms with E-state index in [1.807, 2.05) is 0 Å². The van der Waals surface area contributed by atoms with Crippen LogP contribution in [0.3, 0.4) is 0 Å². The van der Waals surface area contributed by atoms with E-state index in [4.69, 9.17) is 16.7 Å². The summed E-state index contributed by atoms with van der Waals surface area (Å²) in [5, 5.41) is 12.1. The average Bonchev–Trinajstić information content (AvgIpc) is 3.07. The molecule has 1 aromatic rings. The van der Waals surface area contributed by atoms with Crippen LogP contribution in [0.15, 0.2) is 18.2 Å². The van der Waals surface area contributed by atoms with E-state index in [-0.39, 0.29) is 18.4 Å². The highest BCUT2D eigenvalue weighted by Crippen LogP contribution is 2.38. The van der Waals surface area contributed by atoms with E-state index in [0.717, 1.165) is 6.42 Å². The Morgan fingerprint density at radius 3 is 2.94 bits per heavy atom. The van der Waals surface area contributed by atoms with Gasteiger partial charge in [-0.05, 0) is 30.5 Å². The van der Waals surface area contributed by atoms with Crippen LogP contribution in [0.5, 0.6) is 0 Å². The van der Waals surface area contributed by atoms with Gasteiger partial charge in [0, 0.05) is 16.5 Å². The molecule has 1 aliphatic rings. The maximum atomic E-state index is 11.9. The largest absolute Gasteiger partial charge is 0.384 e. The fourth-order valence-electron chi connectivity index (χ4n) is 1.78. The first-order chi connectivity index (χ1) is 8.61. The van der Waals surface area contributed by atoms with Gasteiger partial charge in [0.15, 0.2) is 0 Å². The second-order valence-electron chi connectivity index (χ2n) is 4.46. The molecule has 2 rings (SSSR count). The van der Waals surface area contributed by atoms with E-state index in [1.165, 1.54) is 0 Å². The van der Waals surface area contributed by atoms with Crippen LogP contribution in [0.25, 0.3) is 0 Å². The highest BCUT2D eigenvalue weighted by atomic mass is 35.5. The number of benzene rings is 1. The summed E-state index contributed by atoms with van der Waals surface area (Å²) in [6, 6.07) is 5.11. The number of aliphatic hydroxyl groups is 1. The van der Waals surface area contributed by atoms with Gasteiger partial charge in [-0.3, -0.25) is 4.79 Å². The number of carbonyl (C=O) groups is 1. The fraction of sp³-hybridized carbons (Fsp3) is 0.357. The predicted molar refractivity (Wildman–Crippen MR) is 71.3 cm³/mol. The molecule has 1 aromatic carbocycles. The van der Waals surface area contributed by atoms with E-state index in [0.29, 0.717) is 22.2 Å². The number of rotatable bonds is 2. The van der Waals surface area contributed by atoms with Crippen molar-refractivity contribution in [3.63, 3.8) is 0 Å². The minimum absolute atomic E-state index is 0.0249. The molecule has 0 heterocycles. The van der Waals surface area contributed by atoms with E-state index in [1.54, 1.807) is 18.2 Å². The van der Waals surface area contributed by atoms with Crippen LogP contribution in [-0.4, -0.2) is 17.6 Å². The topological polar surface area (TPSA) is 49.3 Å². The van der Waals surface area contributed by atoms with Crippen molar-refractivity contribution < 1.29 is 9.90 Å². The Morgan fingerprint density at radius 1 is 1.61 bits per heavy atom. The second-order valence-corrected chi connectivity index (χ2v) is 4.89. The smallest absolute Gasteiger partial charge is 0.227 e.